The van der Waals surface area contributed by atoms with Crippen molar-refractivity contribution in [1.82, 2.24) is 20.1 Å². The van der Waals surface area contributed by atoms with Crippen molar-refractivity contribution in [2.24, 2.45) is 0 Å². The normalized spacial score (nSPS) is 14.2. The molecule has 0 aliphatic carbocycles. The van der Waals surface area contributed by atoms with E-state index < -0.39 is 0 Å². The van der Waals surface area contributed by atoms with Crippen LogP contribution in [0.3, 0.4) is 0 Å². The van der Waals surface area contributed by atoms with Gasteiger partial charge in [0.2, 0.25) is 0 Å². The first-order chi connectivity index (χ1) is 17.6. The fourth-order valence-corrected chi connectivity index (χ4v) is 4.92. The van der Waals surface area contributed by atoms with Crippen LogP contribution < -0.4 is 10.1 Å². The SMILES string of the molecule is COc1ccc(CN(Cc2ccc(F)cc2)Cc2nc(C(=O)NCCCN3CCOCC3)cs2)cc1. The van der Waals surface area contributed by atoms with Gasteiger partial charge in [-0.3, -0.25) is 14.6 Å². The molecular formula is C27H33FN4O3S. The summed E-state index contributed by atoms with van der Waals surface area (Å²) >= 11 is 1.48. The summed E-state index contributed by atoms with van der Waals surface area (Å²) in [5.41, 5.74) is 2.60. The lowest BCUT2D eigenvalue weighted by Crippen LogP contribution is -2.38. The Labute approximate surface area is 215 Å². The van der Waals surface area contributed by atoms with Crippen LogP contribution in [0.25, 0.3) is 0 Å². The maximum Gasteiger partial charge on any atom is 0.270 e. The van der Waals surface area contributed by atoms with Crippen molar-refractivity contribution >= 4 is 17.2 Å². The summed E-state index contributed by atoms with van der Waals surface area (Å²) in [7, 11) is 1.65. The van der Waals surface area contributed by atoms with Gasteiger partial charge in [0.25, 0.3) is 5.91 Å². The van der Waals surface area contributed by atoms with Crippen molar-refractivity contribution in [2.75, 3.05) is 46.5 Å². The van der Waals surface area contributed by atoms with Gasteiger partial charge in [0.05, 0.1) is 26.9 Å². The quantitative estimate of drug-likeness (QED) is 0.371. The number of morpholine rings is 1. The number of carbonyl (C=O) groups is 1. The molecule has 0 spiro atoms. The van der Waals surface area contributed by atoms with E-state index in [1.807, 2.05) is 29.6 Å². The molecule has 1 saturated heterocycles. The van der Waals surface area contributed by atoms with E-state index in [4.69, 9.17) is 9.47 Å². The molecule has 0 radical (unpaired) electrons. The van der Waals surface area contributed by atoms with Gasteiger partial charge in [-0.25, -0.2) is 9.37 Å². The van der Waals surface area contributed by atoms with E-state index in [-0.39, 0.29) is 11.7 Å². The Balaban J connectivity index is 1.33. The molecule has 3 aromatic rings. The molecule has 1 fully saturated rings. The van der Waals surface area contributed by atoms with Crippen LogP contribution in [-0.4, -0.2) is 67.2 Å². The van der Waals surface area contributed by atoms with Crippen molar-refractivity contribution in [3.63, 3.8) is 0 Å². The van der Waals surface area contributed by atoms with Gasteiger partial charge in [0.15, 0.2) is 0 Å². The first-order valence-electron chi connectivity index (χ1n) is 12.2. The Bertz CT molecular complexity index is 1090. The third kappa shape index (κ3) is 8.09. The molecule has 0 atom stereocenters. The summed E-state index contributed by atoms with van der Waals surface area (Å²) in [6, 6.07) is 14.5. The number of benzene rings is 2. The van der Waals surface area contributed by atoms with E-state index in [2.05, 4.69) is 20.1 Å². The lowest BCUT2D eigenvalue weighted by Gasteiger charge is -2.26. The summed E-state index contributed by atoms with van der Waals surface area (Å²) in [6.07, 6.45) is 0.899. The van der Waals surface area contributed by atoms with Gasteiger partial charge in [0.1, 0.15) is 22.3 Å². The highest BCUT2D eigenvalue weighted by Gasteiger charge is 2.15. The third-order valence-electron chi connectivity index (χ3n) is 6.07. The molecule has 1 aliphatic heterocycles. The van der Waals surface area contributed by atoms with Crippen LogP contribution in [0.15, 0.2) is 53.9 Å². The fraction of sp³-hybridized carbons (Fsp3) is 0.407. The molecule has 1 N–H and O–H groups in total. The van der Waals surface area contributed by atoms with Crippen molar-refractivity contribution < 1.29 is 18.7 Å². The Kier molecular flexibility index (Phi) is 9.80. The molecule has 2 aromatic carbocycles. The second-order valence-electron chi connectivity index (χ2n) is 8.81. The maximum absolute atomic E-state index is 13.4. The van der Waals surface area contributed by atoms with E-state index in [1.54, 1.807) is 19.2 Å². The van der Waals surface area contributed by atoms with Crippen molar-refractivity contribution in [3.05, 3.63) is 81.6 Å². The topological polar surface area (TPSA) is 66.9 Å². The maximum atomic E-state index is 13.4. The summed E-state index contributed by atoms with van der Waals surface area (Å²) in [5.74, 6) is 0.421. The Morgan fingerprint density at radius 1 is 1.08 bits per heavy atom. The number of nitrogens with zero attached hydrogens (tertiary/aromatic N) is 3. The highest BCUT2D eigenvalue weighted by atomic mass is 32.1. The van der Waals surface area contributed by atoms with Crippen LogP contribution in [0.1, 0.15) is 33.0 Å². The molecule has 192 valence electrons. The predicted octanol–water partition coefficient (Wildman–Crippen LogP) is 3.95. The number of aromatic nitrogens is 1. The summed E-state index contributed by atoms with van der Waals surface area (Å²) in [5, 5.41) is 5.67. The molecular weight excluding hydrogens is 479 g/mol. The molecule has 9 heteroatoms. The zero-order valence-corrected chi connectivity index (χ0v) is 21.4. The number of nitrogens with one attached hydrogen (secondary N) is 1. The highest BCUT2D eigenvalue weighted by molar-refractivity contribution is 7.09. The smallest absolute Gasteiger partial charge is 0.270 e. The molecule has 0 saturated carbocycles. The lowest BCUT2D eigenvalue weighted by atomic mass is 10.1. The van der Waals surface area contributed by atoms with E-state index in [9.17, 15) is 9.18 Å². The zero-order chi connectivity index (χ0) is 25.2. The number of halogens is 1. The number of hydrogen-bond donors (Lipinski definition) is 1. The van der Waals surface area contributed by atoms with Crippen LogP contribution in [0.5, 0.6) is 5.75 Å². The number of methoxy groups -OCH3 is 1. The van der Waals surface area contributed by atoms with Gasteiger partial charge in [-0.1, -0.05) is 24.3 Å². The van der Waals surface area contributed by atoms with E-state index in [0.29, 0.717) is 31.9 Å². The minimum absolute atomic E-state index is 0.139. The largest absolute Gasteiger partial charge is 0.497 e. The van der Waals surface area contributed by atoms with Gasteiger partial charge in [-0.05, 0) is 48.4 Å². The van der Waals surface area contributed by atoms with E-state index in [0.717, 1.165) is 61.2 Å². The van der Waals surface area contributed by atoms with E-state index >= 15 is 0 Å². The van der Waals surface area contributed by atoms with Gasteiger partial charge < -0.3 is 14.8 Å². The highest BCUT2D eigenvalue weighted by Crippen LogP contribution is 2.19. The van der Waals surface area contributed by atoms with Gasteiger partial charge >= 0.3 is 0 Å². The Morgan fingerprint density at radius 2 is 1.75 bits per heavy atom. The molecule has 4 rings (SSSR count). The van der Waals surface area contributed by atoms with Crippen LogP contribution in [0.2, 0.25) is 0 Å². The second-order valence-corrected chi connectivity index (χ2v) is 9.75. The number of rotatable bonds is 12. The minimum atomic E-state index is -0.249. The summed E-state index contributed by atoms with van der Waals surface area (Å²) in [4.78, 5) is 21.8. The number of hydrogen-bond acceptors (Lipinski definition) is 7. The molecule has 1 amide bonds. The molecule has 36 heavy (non-hydrogen) atoms. The lowest BCUT2D eigenvalue weighted by molar-refractivity contribution is 0.0374. The minimum Gasteiger partial charge on any atom is -0.497 e. The molecule has 7 nitrogen and oxygen atoms in total. The van der Waals surface area contributed by atoms with Gasteiger partial charge in [-0.15, -0.1) is 11.3 Å². The second kappa shape index (κ2) is 13.5. The predicted molar refractivity (Wildman–Crippen MR) is 139 cm³/mol. The molecule has 0 bridgehead atoms. The van der Waals surface area contributed by atoms with Crippen molar-refractivity contribution in [3.8, 4) is 5.75 Å². The summed E-state index contributed by atoms with van der Waals surface area (Å²) < 4.78 is 24.0. The summed E-state index contributed by atoms with van der Waals surface area (Å²) in [6.45, 7) is 6.95. The van der Waals surface area contributed by atoms with Crippen LogP contribution in [0.4, 0.5) is 4.39 Å². The van der Waals surface area contributed by atoms with Crippen molar-refractivity contribution in [2.45, 2.75) is 26.1 Å². The van der Waals surface area contributed by atoms with Gasteiger partial charge in [-0.2, -0.15) is 0 Å². The Hall–Kier alpha value is -2.85. The first-order valence-corrected chi connectivity index (χ1v) is 13.1. The average molecular weight is 513 g/mol. The molecule has 1 aromatic heterocycles. The first kappa shape index (κ1) is 26.2. The average Bonchev–Trinajstić information content (AvgIpc) is 3.37. The molecule has 0 unspecified atom stereocenters. The Morgan fingerprint density at radius 3 is 2.42 bits per heavy atom. The van der Waals surface area contributed by atoms with Crippen molar-refractivity contribution in [1.29, 1.82) is 0 Å². The standard InChI is InChI=1S/C27H33FN4O3S/c1-34-24-9-5-22(6-10-24)18-32(17-21-3-7-23(28)8-4-21)19-26-30-25(20-36-26)27(33)29-11-2-12-31-13-15-35-16-14-31/h3-10,20H,2,11-19H2,1H3,(H,29,33). The number of ether oxygens (including phenoxy) is 2. The number of carbonyl (C=O) groups excluding carboxylic acids is 1. The monoisotopic (exact) mass is 512 g/mol. The fourth-order valence-electron chi connectivity index (χ4n) is 4.10. The van der Waals surface area contributed by atoms with Gasteiger partial charge in [0, 0.05) is 38.1 Å². The molecule has 1 aliphatic rings. The van der Waals surface area contributed by atoms with Crippen LogP contribution in [0, 0.1) is 5.82 Å². The third-order valence-corrected chi connectivity index (χ3v) is 6.90. The number of thiazole rings is 1. The van der Waals surface area contributed by atoms with Crippen LogP contribution >= 0.6 is 11.3 Å². The zero-order valence-electron chi connectivity index (χ0n) is 20.6. The number of amides is 1. The van der Waals surface area contributed by atoms with Crippen LogP contribution in [-0.2, 0) is 24.4 Å². The van der Waals surface area contributed by atoms with E-state index in [1.165, 1.54) is 23.5 Å². The molecule has 2 heterocycles.